The van der Waals surface area contributed by atoms with E-state index in [4.69, 9.17) is 4.98 Å². The number of para-hydroxylation sites is 1. The zero-order valence-corrected chi connectivity index (χ0v) is 12.6. The topological polar surface area (TPSA) is 12.9 Å². The number of nitrogens with zero attached hydrogens (tertiary/aromatic N) is 1. The van der Waals surface area contributed by atoms with Crippen molar-refractivity contribution in [3.8, 4) is 0 Å². The fraction of sp³-hybridized carbons (Fsp3) is 0.167. The summed E-state index contributed by atoms with van der Waals surface area (Å²) >= 11 is 1.80. The molecule has 3 aromatic rings. The van der Waals surface area contributed by atoms with Gasteiger partial charge in [-0.15, -0.1) is 11.8 Å². The van der Waals surface area contributed by atoms with Crippen LogP contribution in [0.15, 0.2) is 59.6 Å². The van der Waals surface area contributed by atoms with E-state index in [2.05, 4.69) is 62.4 Å². The van der Waals surface area contributed by atoms with Gasteiger partial charge in [0.05, 0.1) is 10.5 Å². The van der Waals surface area contributed by atoms with Crippen LogP contribution in [0.2, 0.25) is 0 Å². The van der Waals surface area contributed by atoms with Gasteiger partial charge in [0, 0.05) is 11.1 Å². The van der Waals surface area contributed by atoms with E-state index in [0.717, 1.165) is 16.3 Å². The first-order chi connectivity index (χ1) is 9.72. The van der Waals surface area contributed by atoms with E-state index in [-0.39, 0.29) is 0 Å². The summed E-state index contributed by atoms with van der Waals surface area (Å²) in [6.45, 7) is 4.29. The Bertz CT molecular complexity index is 749. The minimum absolute atomic E-state index is 0.965. The molecular weight excluding hydrogens is 262 g/mol. The first-order valence-corrected chi connectivity index (χ1v) is 7.76. The lowest BCUT2D eigenvalue weighted by Crippen LogP contribution is -1.88. The van der Waals surface area contributed by atoms with Crippen molar-refractivity contribution < 1.29 is 0 Å². The predicted octanol–water partition coefficient (Wildman–Crippen LogP) is 5.14. The monoisotopic (exact) mass is 279 g/mol. The van der Waals surface area contributed by atoms with Gasteiger partial charge in [-0.05, 0) is 37.1 Å². The van der Waals surface area contributed by atoms with Crippen LogP contribution in [0.5, 0.6) is 0 Å². The summed E-state index contributed by atoms with van der Waals surface area (Å²) in [5.41, 5.74) is 5.04. The standard InChI is InChI=1S/C18H17NS/c1-13-6-5-7-15(10-13)12-20-18-11-14(2)16-8-3-4-9-17(16)19-18/h3-11H,12H2,1-2H3. The summed E-state index contributed by atoms with van der Waals surface area (Å²) in [5.74, 6) is 0.965. The first-order valence-electron chi connectivity index (χ1n) is 6.77. The summed E-state index contributed by atoms with van der Waals surface area (Å²) in [6.07, 6.45) is 0. The van der Waals surface area contributed by atoms with Crippen molar-refractivity contribution in [3.05, 3.63) is 71.3 Å². The molecule has 100 valence electrons. The Kier molecular flexibility index (Phi) is 3.75. The maximum absolute atomic E-state index is 4.74. The largest absolute Gasteiger partial charge is 0.241 e. The Morgan fingerprint density at radius 1 is 0.950 bits per heavy atom. The van der Waals surface area contributed by atoms with Crippen LogP contribution < -0.4 is 0 Å². The molecule has 0 bridgehead atoms. The number of rotatable bonds is 3. The molecule has 0 aliphatic rings. The van der Waals surface area contributed by atoms with Gasteiger partial charge in [-0.25, -0.2) is 4.98 Å². The van der Waals surface area contributed by atoms with E-state index >= 15 is 0 Å². The van der Waals surface area contributed by atoms with Crippen LogP contribution in [0.25, 0.3) is 10.9 Å². The van der Waals surface area contributed by atoms with Crippen molar-refractivity contribution in [2.45, 2.75) is 24.6 Å². The van der Waals surface area contributed by atoms with Gasteiger partial charge in [0.15, 0.2) is 0 Å². The van der Waals surface area contributed by atoms with Crippen LogP contribution in [0.1, 0.15) is 16.7 Å². The summed E-state index contributed by atoms with van der Waals surface area (Å²) in [4.78, 5) is 4.74. The number of thioether (sulfide) groups is 1. The average molecular weight is 279 g/mol. The van der Waals surface area contributed by atoms with E-state index in [1.165, 1.54) is 22.1 Å². The quantitative estimate of drug-likeness (QED) is 0.615. The minimum atomic E-state index is 0.965. The highest BCUT2D eigenvalue weighted by molar-refractivity contribution is 7.98. The lowest BCUT2D eigenvalue weighted by atomic mass is 10.1. The fourth-order valence-electron chi connectivity index (χ4n) is 2.35. The number of hydrogen-bond donors (Lipinski definition) is 0. The van der Waals surface area contributed by atoms with E-state index in [1.54, 1.807) is 11.8 Å². The number of hydrogen-bond acceptors (Lipinski definition) is 2. The molecule has 0 N–H and O–H groups in total. The van der Waals surface area contributed by atoms with Crippen LogP contribution >= 0.6 is 11.8 Å². The van der Waals surface area contributed by atoms with Gasteiger partial charge < -0.3 is 0 Å². The number of fused-ring (bicyclic) bond motifs is 1. The van der Waals surface area contributed by atoms with Crippen molar-refractivity contribution in [1.29, 1.82) is 0 Å². The molecule has 0 spiro atoms. The molecule has 1 aromatic heterocycles. The van der Waals surface area contributed by atoms with Crippen LogP contribution in [0.4, 0.5) is 0 Å². The molecule has 3 rings (SSSR count). The molecule has 0 aliphatic carbocycles. The zero-order valence-electron chi connectivity index (χ0n) is 11.8. The van der Waals surface area contributed by atoms with Crippen molar-refractivity contribution >= 4 is 22.7 Å². The average Bonchev–Trinajstić information content (AvgIpc) is 2.45. The number of benzene rings is 2. The predicted molar refractivity (Wildman–Crippen MR) is 87.2 cm³/mol. The Morgan fingerprint density at radius 2 is 1.80 bits per heavy atom. The van der Waals surface area contributed by atoms with Gasteiger partial charge in [-0.3, -0.25) is 0 Å². The molecule has 1 heterocycles. The first kappa shape index (κ1) is 13.2. The molecule has 0 saturated heterocycles. The third-order valence-electron chi connectivity index (χ3n) is 3.37. The minimum Gasteiger partial charge on any atom is -0.241 e. The molecule has 0 fully saturated rings. The smallest absolute Gasteiger partial charge is 0.0973 e. The van der Waals surface area contributed by atoms with Gasteiger partial charge in [0.1, 0.15) is 0 Å². The highest BCUT2D eigenvalue weighted by Crippen LogP contribution is 2.26. The molecule has 0 aliphatic heterocycles. The van der Waals surface area contributed by atoms with Gasteiger partial charge >= 0.3 is 0 Å². The molecule has 0 saturated carbocycles. The van der Waals surface area contributed by atoms with Gasteiger partial charge in [-0.1, -0.05) is 48.0 Å². The Labute approximate surface area is 124 Å². The van der Waals surface area contributed by atoms with Crippen molar-refractivity contribution in [3.63, 3.8) is 0 Å². The molecule has 0 radical (unpaired) electrons. The molecule has 20 heavy (non-hydrogen) atoms. The van der Waals surface area contributed by atoms with Crippen LogP contribution in [0, 0.1) is 13.8 Å². The lowest BCUT2D eigenvalue weighted by molar-refractivity contribution is 1.16. The Hall–Kier alpha value is -1.80. The third-order valence-corrected chi connectivity index (χ3v) is 4.35. The van der Waals surface area contributed by atoms with Crippen molar-refractivity contribution in [2.75, 3.05) is 0 Å². The highest BCUT2D eigenvalue weighted by Gasteiger charge is 2.03. The second-order valence-electron chi connectivity index (χ2n) is 5.07. The maximum atomic E-state index is 4.74. The van der Waals surface area contributed by atoms with Gasteiger partial charge in [0.25, 0.3) is 0 Å². The molecule has 2 heteroatoms. The molecule has 0 unspecified atom stereocenters. The van der Waals surface area contributed by atoms with E-state index in [9.17, 15) is 0 Å². The summed E-state index contributed by atoms with van der Waals surface area (Å²) in [6, 6.07) is 19.2. The van der Waals surface area contributed by atoms with Gasteiger partial charge in [-0.2, -0.15) is 0 Å². The van der Waals surface area contributed by atoms with Crippen LogP contribution in [-0.2, 0) is 5.75 Å². The maximum Gasteiger partial charge on any atom is 0.0973 e. The SMILES string of the molecule is Cc1cccc(CSc2cc(C)c3ccccc3n2)c1. The van der Waals surface area contributed by atoms with Crippen molar-refractivity contribution in [1.82, 2.24) is 4.98 Å². The second-order valence-corrected chi connectivity index (χ2v) is 6.07. The normalized spacial score (nSPS) is 10.9. The lowest BCUT2D eigenvalue weighted by Gasteiger charge is -2.06. The van der Waals surface area contributed by atoms with Gasteiger partial charge in [0.2, 0.25) is 0 Å². The Morgan fingerprint density at radius 3 is 2.65 bits per heavy atom. The van der Waals surface area contributed by atoms with Crippen LogP contribution in [0.3, 0.4) is 0 Å². The molecular formula is C18H17NS. The second kappa shape index (κ2) is 5.68. The fourth-order valence-corrected chi connectivity index (χ4v) is 3.27. The molecule has 0 atom stereocenters. The molecule has 2 aromatic carbocycles. The number of aromatic nitrogens is 1. The zero-order chi connectivity index (χ0) is 13.9. The van der Waals surface area contributed by atoms with E-state index in [0.29, 0.717) is 0 Å². The number of aryl methyl sites for hydroxylation is 2. The summed E-state index contributed by atoms with van der Waals surface area (Å²) in [7, 11) is 0. The molecule has 1 nitrogen and oxygen atoms in total. The van der Waals surface area contributed by atoms with E-state index in [1.807, 2.05) is 6.07 Å². The third kappa shape index (κ3) is 2.86. The van der Waals surface area contributed by atoms with E-state index < -0.39 is 0 Å². The highest BCUT2D eigenvalue weighted by atomic mass is 32.2. The van der Waals surface area contributed by atoms with Crippen LogP contribution in [-0.4, -0.2) is 4.98 Å². The summed E-state index contributed by atoms with van der Waals surface area (Å²) in [5, 5.41) is 2.34. The number of pyridine rings is 1. The summed E-state index contributed by atoms with van der Waals surface area (Å²) < 4.78 is 0. The van der Waals surface area contributed by atoms with Crippen molar-refractivity contribution in [2.24, 2.45) is 0 Å². The Balaban J connectivity index is 1.84. The molecule has 0 amide bonds.